The van der Waals surface area contributed by atoms with Gasteiger partial charge < -0.3 is 5.32 Å². The second-order valence-electron chi connectivity index (χ2n) is 4.18. The van der Waals surface area contributed by atoms with Crippen molar-refractivity contribution in [3.63, 3.8) is 0 Å². The molecule has 0 aliphatic rings. The summed E-state index contributed by atoms with van der Waals surface area (Å²) in [6.07, 6.45) is 3.82. The highest BCUT2D eigenvalue weighted by molar-refractivity contribution is 7.87. The first-order chi connectivity index (χ1) is 8.04. The van der Waals surface area contributed by atoms with Gasteiger partial charge in [0, 0.05) is 20.1 Å². The van der Waals surface area contributed by atoms with Crippen molar-refractivity contribution in [1.82, 2.24) is 14.3 Å². The monoisotopic (exact) mass is 265 g/mol. The van der Waals surface area contributed by atoms with Gasteiger partial charge in [0.15, 0.2) is 0 Å². The van der Waals surface area contributed by atoms with Gasteiger partial charge in [0.25, 0.3) is 10.2 Å². The van der Waals surface area contributed by atoms with Crippen LogP contribution in [0.1, 0.15) is 39.5 Å². The van der Waals surface area contributed by atoms with E-state index in [1.807, 2.05) is 6.92 Å². The van der Waals surface area contributed by atoms with Crippen LogP contribution in [0.25, 0.3) is 0 Å². The van der Waals surface area contributed by atoms with Crippen LogP contribution in [-0.2, 0) is 10.2 Å². The lowest BCUT2D eigenvalue weighted by molar-refractivity contribution is 0.444. The molecule has 2 N–H and O–H groups in total. The molecule has 0 saturated heterocycles. The molecule has 0 aliphatic heterocycles. The van der Waals surface area contributed by atoms with E-state index < -0.39 is 10.2 Å². The van der Waals surface area contributed by atoms with Gasteiger partial charge in [0.05, 0.1) is 0 Å². The van der Waals surface area contributed by atoms with Gasteiger partial charge in [-0.05, 0) is 32.4 Å². The average molecular weight is 265 g/mol. The fraction of sp³-hybridized carbons (Fsp3) is 1.00. The molecule has 0 unspecified atom stereocenters. The van der Waals surface area contributed by atoms with Crippen LogP contribution in [0.5, 0.6) is 0 Å². The van der Waals surface area contributed by atoms with Gasteiger partial charge in [-0.15, -0.1) is 0 Å². The first kappa shape index (κ1) is 16.8. The summed E-state index contributed by atoms with van der Waals surface area (Å²) in [6, 6.07) is 0. The number of hydrogen-bond acceptors (Lipinski definition) is 3. The first-order valence-electron chi connectivity index (χ1n) is 6.46. The summed E-state index contributed by atoms with van der Waals surface area (Å²) in [5.74, 6) is 0. The Hall–Kier alpha value is -0.170. The lowest BCUT2D eigenvalue weighted by Gasteiger charge is -2.17. The number of nitrogens with one attached hydrogen (secondary N) is 2. The van der Waals surface area contributed by atoms with Crippen LogP contribution in [-0.4, -0.2) is 45.9 Å². The molecule has 0 aromatic carbocycles. The van der Waals surface area contributed by atoms with Gasteiger partial charge in [0.1, 0.15) is 0 Å². The average Bonchev–Trinajstić information content (AvgIpc) is 2.28. The number of nitrogens with zero attached hydrogens (tertiary/aromatic N) is 1. The van der Waals surface area contributed by atoms with Gasteiger partial charge in [-0.3, -0.25) is 0 Å². The first-order valence-corrected chi connectivity index (χ1v) is 7.90. The summed E-state index contributed by atoms with van der Waals surface area (Å²) in [4.78, 5) is 0. The molecule has 5 nitrogen and oxygen atoms in total. The number of unbranched alkanes of at least 4 members (excludes halogenated alkanes) is 1. The van der Waals surface area contributed by atoms with Crippen molar-refractivity contribution < 1.29 is 8.42 Å². The molecular weight excluding hydrogens is 238 g/mol. The summed E-state index contributed by atoms with van der Waals surface area (Å²) in [7, 11) is -1.65. The molecule has 0 bridgehead atoms. The van der Waals surface area contributed by atoms with E-state index in [4.69, 9.17) is 0 Å². The van der Waals surface area contributed by atoms with E-state index in [0.29, 0.717) is 13.1 Å². The van der Waals surface area contributed by atoms with Crippen molar-refractivity contribution in [2.24, 2.45) is 0 Å². The van der Waals surface area contributed by atoms with Crippen LogP contribution in [0.3, 0.4) is 0 Å². The predicted octanol–water partition coefficient (Wildman–Crippen LogP) is 0.942. The molecule has 0 atom stereocenters. The van der Waals surface area contributed by atoms with Gasteiger partial charge >= 0.3 is 0 Å². The Morgan fingerprint density at radius 3 is 2.29 bits per heavy atom. The molecule has 6 heteroatoms. The summed E-state index contributed by atoms with van der Waals surface area (Å²) in [5, 5.41) is 3.25. The maximum Gasteiger partial charge on any atom is 0.279 e. The van der Waals surface area contributed by atoms with E-state index in [1.54, 1.807) is 7.05 Å². The molecule has 0 aliphatic carbocycles. The number of rotatable bonds is 11. The Morgan fingerprint density at radius 1 is 1.00 bits per heavy atom. The molecule has 0 aromatic heterocycles. The van der Waals surface area contributed by atoms with Crippen molar-refractivity contribution in [3.8, 4) is 0 Å². The minimum absolute atomic E-state index is 0.525. The molecule has 0 rings (SSSR count). The molecule has 0 heterocycles. The van der Waals surface area contributed by atoms with E-state index >= 15 is 0 Å². The van der Waals surface area contributed by atoms with Crippen molar-refractivity contribution in [2.75, 3.05) is 33.2 Å². The highest BCUT2D eigenvalue weighted by Crippen LogP contribution is 1.96. The van der Waals surface area contributed by atoms with Crippen molar-refractivity contribution in [2.45, 2.75) is 39.5 Å². The van der Waals surface area contributed by atoms with Crippen LogP contribution in [0, 0.1) is 0 Å². The number of hydrogen-bond donors (Lipinski definition) is 2. The summed E-state index contributed by atoms with van der Waals surface area (Å²) in [5.41, 5.74) is 0. The van der Waals surface area contributed by atoms with E-state index in [1.165, 1.54) is 4.31 Å². The fourth-order valence-electron chi connectivity index (χ4n) is 1.34. The molecule has 0 fully saturated rings. The lowest BCUT2D eigenvalue weighted by atomic mass is 10.3. The summed E-state index contributed by atoms with van der Waals surface area (Å²) in [6.45, 7) is 7.09. The molecular formula is C11H27N3O2S. The van der Waals surface area contributed by atoms with Crippen LogP contribution >= 0.6 is 0 Å². The Labute approximate surface area is 106 Å². The molecule has 0 aromatic rings. The molecule has 104 valence electrons. The van der Waals surface area contributed by atoms with Crippen LogP contribution in [0.4, 0.5) is 0 Å². The minimum Gasteiger partial charge on any atom is -0.317 e. The Morgan fingerprint density at radius 2 is 1.71 bits per heavy atom. The SMILES string of the molecule is CCCCNS(=O)(=O)N(C)CCCNCCC. The maximum atomic E-state index is 11.7. The second kappa shape index (κ2) is 9.82. The summed E-state index contributed by atoms with van der Waals surface area (Å²) < 4.78 is 27.4. The molecule has 0 spiro atoms. The topological polar surface area (TPSA) is 61.4 Å². The standard InChI is InChI=1S/C11H27N3O2S/c1-4-6-10-13-17(15,16)14(3)11-7-9-12-8-5-2/h12-13H,4-11H2,1-3H3. The van der Waals surface area contributed by atoms with Gasteiger partial charge in [-0.2, -0.15) is 12.7 Å². The Kier molecular flexibility index (Phi) is 9.72. The van der Waals surface area contributed by atoms with E-state index in [-0.39, 0.29) is 0 Å². The summed E-state index contributed by atoms with van der Waals surface area (Å²) >= 11 is 0. The zero-order valence-electron chi connectivity index (χ0n) is 11.3. The second-order valence-corrected chi connectivity index (χ2v) is 6.04. The highest BCUT2D eigenvalue weighted by atomic mass is 32.2. The van der Waals surface area contributed by atoms with E-state index in [9.17, 15) is 8.42 Å². The normalized spacial score (nSPS) is 12.2. The predicted molar refractivity (Wildman–Crippen MR) is 72.2 cm³/mol. The third-order valence-corrected chi connectivity index (χ3v) is 4.05. The quantitative estimate of drug-likeness (QED) is 0.547. The zero-order valence-corrected chi connectivity index (χ0v) is 12.1. The van der Waals surface area contributed by atoms with Crippen LogP contribution in [0.15, 0.2) is 0 Å². The maximum absolute atomic E-state index is 11.7. The minimum atomic E-state index is -3.27. The lowest BCUT2D eigenvalue weighted by Crippen LogP contribution is -2.39. The van der Waals surface area contributed by atoms with Crippen molar-refractivity contribution in [3.05, 3.63) is 0 Å². The highest BCUT2D eigenvalue weighted by Gasteiger charge is 2.15. The third-order valence-electron chi connectivity index (χ3n) is 2.48. The smallest absolute Gasteiger partial charge is 0.279 e. The largest absolute Gasteiger partial charge is 0.317 e. The van der Waals surface area contributed by atoms with Crippen LogP contribution < -0.4 is 10.0 Å². The third kappa shape index (κ3) is 8.54. The Bertz CT molecular complexity index is 268. The van der Waals surface area contributed by atoms with Crippen LogP contribution in [0.2, 0.25) is 0 Å². The molecule has 0 amide bonds. The zero-order chi connectivity index (χ0) is 13.1. The molecule has 17 heavy (non-hydrogen) atoms. The van der Waals surface area contributed by atoms with Gasteiger partial charge in [-0.25, -0.2) is 4.72 Å². The Balaban J connectivity index is 3.75. The van der Waals surface area contributed by atoms with E-state index in [2.05, 4.69) is 17.0 Å². The fourth-order valence-corrected chi connectivity index (χ4v) is 2.33. The van der Waals surface area contributed by atoms with Gasteiger partial charge in [0.2, 0.25) is 0 Å². The van der Waals surface area contributed by atoms with Crippen molar-refractivity contribution in [1.29, 1.82) is 0 Å². The van der Waals surface area contributed by atoms with E-state index in [0.717, 1.165) is 38.8 Å². The molecule has 0 saturated carbocycles. The molecule has 0 radical (unpaired) electrons. The van der Waals surface area contributed by atoms with Gasteiger partial charge in [-0.1, -0.05) is 20.3 Å². The van der Waals surface area contributed by atoms with Crippen molar-refractivity contribution >= 4 is 10.2 Å².